The van der Waals surface area contributed by atoms with Gasteiger partial charge in [0.15, 0.2) is 0 Å². The quantitative estimate of drug-likeness (QED) is 0.248. The lowest BCUT2D eigenvalue weighted by atomic mass is 10.4. The fourth-order valence-electron chi connectivity index (χ4n) is 1.15. The Kier molecular flexibility index (Phi) is 17.2. The molecule has 0 aromatic carbocycles. The molecule has 2 N–H and O–H groups in total. The van der Waals surface area contributed by atoms with E-state index in [-0.39, 0.29) is 26.3 Å². The molecule has 154 valence electrons. The van der Waals surface area contributed by atoms with Crippen molar-refractivity contribution in [1.29, 1.82) is 0 Å². The zero-order chi connectivity index (χ0) is 21.1. The predicted molar refractivity (Wildman–Crippen MR) is 97.0 cm³/mol. The molecule has 0 aliphatic carbocycles. The second-order valence-corrected chi connectivity index (χ2v) is 4.58. The third kappa shape index (κ3) is 19.1. The van der Waals surface area contributed by atoms with Crippen LogP contribution in [0, 0.1) is 0 Å². The fraction of sp³-hybridized carbons (Fsp3) is 0.529. The molecule has 0 rings (SSSR count). The molecule has 0 spiro atoms. The van der Waals surface area contributed by atoms with Gasteiger partial charge in [-0.2, -0.15) is 0 Å². The first-order chi connectivity index (χ1) is 12.8. The number of rotatable bonds is 10. The molecule has 10 nitrogen and oxygen atoms in total. The molecule has 0 bridgehead atoms. The van der Waals surface area contributed by atoms with Gasteiger partial charge in [-0.15, -0.1) is 0 Å². The first-order valence-corrected chi connectivity index (χ1v) is 8.21. The molecule has 0 fully saturated rings. The van der Waals surface area contributed by atoms with E-state index in [4.69, 9.17) is 4.74 Å². The summed E-state index contributed by atoms with van der Waals surface area (Å²) in [5, 5.41) is 4.80. The van der Waals surface area contributed by atoms with Crippen LogP contribution in [0.15, 0.2) is 24.8 Å². The van der Waals surface area contributed by atoms with Gasteiger partial charge in [-0.1, -0.05) is 13.2 Å². The van der Waals surface area contributed by atoms with E-state index >= 15 is 0 Å². The van der Waals surface area contributed by atoms with Crippen molar-refractivity contribution in [2.75, 3.05) is 39.5 Å². The number of carbonyl (C=O) groups is 4. The van der Waals surface area contributed by atoms with Crippen LogP contribution in [0.3, 0.4) is 0 Å². The monoisotopic (exact) mass is 388 g/mol. The normalized spacial score (nSPS) is 8.85. The van der Waals surface area contributed by atoms with Gasteiger partial charge in [0.05, 0.1) is 26.3 Å². The highest BCUT2D eigenvalue weighted by atomic mass is 16.6. The standard InChI is InChI=1S/C9H15NO4.C8H13NO4/c1-4-13-9(12)10-5-6-14-8(11)7(2)3;1-3-7(10)13-6-5-9-8(11)12-4-2/h2,4-6H2,1,3H3,(H,10,12);3H,1,4-6H2,2H3,(H,9,11). The summed E-state index contributed by atoms with van der Waals surface area (Å²) in [6.07, 6.45) is 0.0284. The molecule has 0 aliphatic heterocycles. The third-order valence-corrected chi connectivity index (χ3v) is 2.29. The number of carbonyl (C=O) groups excluding carboxylic acids is 4. The lowest BCUT2D eigenvalue weighted by Crippen LogP contribution is -2.28. The van der Waals surface area contributed by atoms with Crippen molar-refractivity contribution >= 4 is 24.1 Å². The number of hydrogen-bond donors (Lipinski definition) is 2. The van der Waals surface area contributed by atoms with E-state index in [1.807, 2.05) is 0 Å². The molecule has 0 aromatic rings. The van der Waals surface area contributed by atoms with Gasteiger partial charge in [0.25, 0.3) is 0 Å². The second kappa shape index (κ2) is 17.8. The maximum absolute atomic E-state index is 10.8. The Balaban J connectivity index is 0. The van der Waals surface area contributed by atoms with Gasteiger partial charge in [-0.25, -0.2) is 19.2 Å². The highest BCUT2D eigenvalue weighted by molar-refractivity contribution is 5.86. The van der Waals surface area contributed by atoms with E-state index < -0.39 is 24.1 Å². The van der Waals surface area contributed by atoms with Crippen molar-refractivity contribution in [1.82, 2.24) is 10.6 Å². The van der Waals surface area contributed by atoms with Gasteiger partial charge in [0.1, 0.15) is 13.2 Å². The molecule has 0 saturated carbocycles. The minimum Gasteiger partial charge on any atom is -0.461 e. The van der Waals surface area contributed by atoms with Crippen molar-refractivity contribution in [3.8, 4) is 0 Å². The molecule has 0 saturated heterocycles. The van der Waals surface area contributed by atoms with Crippen LogP contribution in [0.4, 0.5) is 9.59 Å². The van der Waals surface area contributed by atoms with E-state index in [2.05, 4.69) is 38.0 Å². The molecule has 0 heterocycles. The molecular formula is C17H28N2O8. The molecule has 2 amide bonds. The van der Waals surface area contributed by atoms with Crippen molar-refractivity contribution in [2.45, 2.75) is 20.8 Å². The van der Waals surface area contributed by atoms with Gasteiger partial charge in [0, 0.05) is 11.6 Å². The van der Waals surface area contributed by atoms with Crippen molar-refractivity contribution in [3.05, 3.63) is 24.8 Å². The van der Waals surface area contributed by atoms with Crippen LogP contribution in [-0.2, 0) is 28.5 Å². The highest BCUT2D eigenvalue weighted by Crippen LogP contribution is 1.90. The summed E-state index contributed by atoms with van der Waals surface area (Å²) in [5.41, 5.74) is 0.334. The van der Waals surface area contributed by atoms with Crippen molar-refractivity contribution in [2.24, 2.45) is 0 Å². The Hall–Kier alpha value is -3.04. The molecule has 0 unspecified atom stereocenters. The zero-order valence-electron chi connectivity index (χ0n) is 16.0. The Labute approximate surface area is 158 Å². The van der Waals surface area contributed by atoms with Crippen LogP contribution >= 0.6 is 0 Å². The third-order valence-electron chi connectivity index (χ3n) is 2.29. The van der Waals surface area contributed by atoms with Crippen LogP contribution in [-0.4, -0.2) is 63.6 Å². The SMILES string of the molecule is C=C(C)C(=O)OCCNC(=O)OCC.C=CC(=O)OCCNC(=O)OCC. The van der Waals surface area contributed by atoms with Gasteiger partial charge in [-0.05, 0) is 20.8 Å². The number of ether oxygens (including phenoxy) is 4. The van der Waals surface area contributed by atoms with Crippen LogP contribution in [0.25, 0.3) is 0 Å². The largest absolute Gasteiger partial charge is 0.461 e. The van der Waals surface area contributed by atoms with Gasteiger partial charge in [-0.3, -0.25) is 0 Å². The number of alkyl carbamates (subject to hydrolysis) is 2. The number of hydrogen-bond acceptors (Lipinski definition) is 8. The Bertz CT molecular complexity index is 505. The van der Waals surface area contributed by atoms with E-state index in [1.165, 1.54) is 0 Å². The van der Waals surface area contributed by atoms with Crippen LogP contribution in [0.5, 0.6) is 0 Å². The van der Waals surface area contributed by atoms with E-state index in [0.717, 1.165) is 6.08 Å². The van der Waals surface area contributed by atoms with E-state index in [1.54, 1.807) is 20.8 Å². The summed E-state index contributed by atoms with van der Waals surface area (Å²) in [5.74, 6) is -0.971. The molecule has 0 aliphatic rings. The van der Waals surface area contributed by atoms with Gasteiger partial charge >= 0.3 is 24.1 Å². The molecular weight excluding hydrogens is 360 g/mol. The van der Waals surface area contributed by atoms with Crippen molar-refractivity contribution < 1.29 is 38.1 Å². The van der Waals surface area contributed by atoms with E-state index in [9.17, 15) is 19.2 Å². The van der Waals surface area contributed by atoms with E-state index in [0.29, 0.717) is 18.8 Å². The summed E-state index contributed by atoms with van der Waals surface area (Å²) in [4.78, 5) is 42.7. The molecule has 27 heavy (non-hydrogen) atoms. The average Bonchev–Trinajstić information content (AvgIpc) is 2.62. The molecule has 0 aromatic heterocycles. The first kappa shape index (κ1) is 26.2. The lowest BCUT2D eigenvalue weighted by Gasteiger charge is -2.05. The Morgan fingerprint density at radius 2 is 1.30 bits per heavy atom. The highest BCUT2D eigenvalue weighted by Gasteiger charge is 2.03. The summed E-state index contributed by atoms with van der Waals surface area (Å²) in [7, 11) is 0. The van der Waals surface area contributed by atoms with Crippen molar-refractivity contribution in [3.63, 3.8) is 0 Å². The minimum atomic E-state index is -0.517. The van der Waals surface area contributed by atoms with Crippen LogP contribution in [0.1, 0.15) is 20.8 Å². The average molecular weight is 388 g/mol. The maximum Gasteiger partial charge on any atom is 0.407 e. The maximum atomic E-state index is 10.8. The van der Waals surface area contributed by atoms with Crippen LogP contribution < -0.4 is 10.6 Å². The molecule has 10 heteroatoms. The Morgan fingerprint density at radius 1 is 0.852 bits per heavy atom. The number of nitrogens with one attached hydrogen (secondary N) is 2. The molecule has 0 radical (unpaired) electrons. The lowest BCUT2D eigenvalue weighted by molar-refractivity contribution is -0.139. The topological polar surface area (TPSA) is 129 Å². The summed E-state index contributed by atoms with van der Waals surface area (Å²) < 4.78 is 18.5. The fourth-order valence-corrected chi connectivity index (χ4v) is 1.15. The Morgan fingerprint density at radius 3 is 1.67 bits per heavy atom. The number of esters is 2. The summed E-state index contributed by atoms with van der Waals surface area (Å²) >= 11 is 0. The zero-order valence-corrected chi connectivity index (χ0v) is 16.0. The van der Waals surface area contributed by atoms with Gasteiger partial charge < -0.3 is 29.6 Å². The molecule has 0 atom stereocenters. The summed E-state index contributed by atoms with van der Waals surface area (Å²) in [6, 6.07) is 0. The van der Waals surface area contributed by atoms with Gasteiger partial charge in [0.2, 0.25) is 0 Å². The second-order valence-electron chi connectivity index (χ2n) is 4.58. The number of amides is 2. The van der Waals surface area contributed by atoms with Crippen LogP contribution in [0.2, 0.25) is 0 Å². The smallest absolute Gasteiger partial charge is 0.407 e. The first-order valence-electron chi connectivity index (χ1n) is 8.21. The minimum absolute atomic E-state index is 0.115. The summed E-state index contributed by atoms with van der Waals surface area (Å²) in [6.45, 7) is 12.9. The predicted octanol–water partition coefficient (Wildman–Crippen LogP) is 1.31.